The van der Waals surface area contributed by atoms with Crippen LogP contribution in [0, 0.1) is 5.82 Å². The van der Waals surface area contributed by atoms with E-state index in [4.69, 9.17) is 11.6 Å². The minimum absolute atomic E-state index is 0.0977. The molecule has 18 heavy (non-hydrogen) atoms. The van der Waals surface area contributed by atoms with Gasteiger partial charge in [-0.05, 0) is 35.7 Å². The molecule has 0 aliphatic carbocycles. The van der Waals surface area contributed by atoms with E-state index in [-0.39, 0.29) is 5.02 Å². The Labute approximate surface area is 110 Å². The number of aliphatic hydroxyl groups excluding tert-OH is 1. The molecule has 1 aromatic heterocycles. The highest BCUT2D eigenvalue weighted by Gasteiger charge is 2.09. The lowest BCUT2D eigenvalue weighted by Crippen LogP contribution is -2.14. The van der Waals surface area contributed by atoms with E-state index in [0.29, 0.717) is 12.8 Å². The number of hydrogen-bond donors (Lipinski definition) is 1. The minimum atomic E-state index is -0.560. The number of pyridine rings is 1. The molecule has 0 spiro atoms. The van der Waals surface area contributed by atoms with Gasteiger partial charge in [-0.1, -0.05) is 23.7 Å². The number of hydrogen-bond acceptors (Lipinski definition) is 2. The molecule has 0 saturated carbocycles. The maximum atomic E-state index is 13.2. The third-order valence-electron chi connectivity index (χ3n) is 2.65. The molecule has 0 aliphatic heterocycles. The van der Waals surface area contributed by atoms with Gasteiger partial charge in [-0.2, -0.15) is 0 Å². The van der Waals surface area contributed by atoms with Crippen LogP contribution in [0.4, 0.5) is 4.39 Å². The maximum Gasteiger partial charge on any atom is 0.142 e. The smallest absolute Gasteiger partial charge is 0.142 e. The summed E-state index contributed by atoms with van der Waals surface area (Å²) in [5.41, 5.74) is 1.69. The van der Waals surface area contributed by atoms with Gasteiger partial charge in [0.25, 0.3) is 0 Å². The van der Waals surface area contributed by atoms with Gasteiger partial charge >= 0.3 is 0 Å². The van der Waals surface area contributed by atoms with E-state index in [0.717, 1.165) is 11.1 Å². The van der Waals surface area contributed by atoms with Gasteiger partial charge < -0.3 is 5.11 Å². The molecule has 2 aromatic rings. The molecule has 94 valence electrons. The number of rotatable bonds is 4. The largest absolute Gasteiger partial charge is 0.392 e. The Morgan fingerprint density at radius 3 is 2.67 bits per heavy atom. The Kier molecular flexibility index (Phi) is 4.28. The molecular formula is C14H13ClFNO. The molecule has 1 aromatic carbocycles. The van der Waals surface area contributed by atoms with Crippen molar-refractivity contribution in [2.45, 2.75) is 18.9 Å². The molecule has 0 bridgehead atoms. The van der Waals surface area contributed by atoms with E-state index < -0.39 is 11.9 Å². The predicted octanol–water partition coefficient (Wildman–Crippen LogP) is 3.02. The van der Waals surface area contributed by atoms with Gasteiger partial charge in [0.1, 0.15) is 5.82 Å². The average molecular weight is 266 g/mol. The van der Waals surface area contributed by atoms with Crippen molar-refractivity contribution in [3.8, 4) is 0 Å². The normalized spacial score (nSPS) is 12.4. The standard InChI is InChI=1S/C14H13ClFNO/c15-13-4-3-10(8-14(13)16)6-12(18)7-11-2-1-5-17-9-11/h1-5,8-9,12,18H,6-7H2. The highest BCUT2D eigenvalue weighted by Crippen LogP contribution is 2.17. The zero-order chi connectivity index (χ0) is 13.0. The third-order valence-corrected chi connectivity index (χ3v) is 2.96. The van der Waals surface area contributed by atoms with Crippen LogP contribution in [0.15, 0.2) is 42.7 Å². The van der Waals surface area contributed by atoms with E-state index >= 15 is 0 Å². The third kappa shape index (κ3) is 3.52. The van der Waals surface area contributed by atoms with Crippen LogP contribution in [0.25, 0.3) is 0 Å². The quantitative estimate of drug-likeness (QED) is 0.922. The Balaban J connectivity index is 1.99. The summed E-state index contributed by atoms with van der Waals surface area (Å²) in [6.07, 6.45) is 3.73. The number of benzene rings is 1. The lowest BCUT2D eigenvalue weighted by atomic mass is 10.0. The molecule has 1 atom stereocenters. The Morgan fingerprint density at radius 2 is 2.00 bits per heavy atom. The van der Waals surface area contributed by atoms with Crippen molar-refractivity contribution < 1.29 is 9.50 Å². The first-order valence-corrected chi connectivity index (χ1v) is 6.04. The first kappa shape index (κ1) is 13.0. The summed E-state index contributed by atoms with van der Waals surface area (Å²) in [6, 6.07) is 8.30. The average Bonchev–Trinajstić information content (AvgIpc) is 2.35. The van der Waals surface area contributed by atoms with Crippen molar-refractivity contribution in [2.24, 2.45) is 0 Å². The van der Waals surface area contributed by atoms with Gasteiger partial charge in [-0.3, -0.25) is 4.98 Å². The first-order valence-electron chi connectivity index (χ1n) is 5.66. The highest BCUT2D eigenvalue weighted by atomic mass is 35.5. The topological polar surface area (TPSA) is 33.1 Å². The Morgan fingerprint density at radius 1 is 1.22 bits per heavy atom. The molecule has 1 unspecified atom stereocenters. The van der Waals surface area contributed by atoms with Crippen LogP contribution in [0.2, 0.25) is 5.02 Å². The van der Waals surface area contributed by atoms with Gasteiger partial charge in [-0.15, -0.1) is 0 Å². The van der Waals surface area contributed by atoms with Crippen molar-refractivity contribution in [3.05, 3.63) is 64.7 Å². The fraction of sp³-hybridized carbons (Fsp3) is 0.214. The summed E-state index contributed by atoms with van der Waals surface area (Å²) >= 11 is 5.60. The predicted molar refractivity (Wildman–Crippen MR) is 69.1 cm³/mol. The molecule has 1 N–H and O–H groups in total. The van der Waals surface area contributed by atoms with Crippen molar-refractivity contribution in [1.29, 1.82) is 0 Å². The second kappa shape index (κ2) is 5.94. The first-order chi connectivity index (χ1) is 8.65. The van der Waals surface area contributed by atoms with Crippen LogP contribution >= 0.6 is 11.6 Å². The van der Waals surface area contributed by atoms with Crippen LogP contribution in [-0.2, 0) is 12.8 Å². The molecule has 4 heteroatoms. The fourth-order valence-electron chi connectivity index (χ4n) is 1.80. The van der Waals surface area contributed by atoms with Crippen LogP contribution < -0.4 is 0 Å². The number of aliphatic hydroxyl groups is 1. The number of nitrogens with zero attached hydrogens (tertiary/aromatic N) is 1. The molecule has 0 radical (unpaired) electrons. The minimum Gasteiger partial charge on any atom is -0.392 e. The molecule has 0 amide bonds. The molecule has 2 nitrogen and oxygen atoms in total. The van der Waals surface area contributed by atoms with Crippen LogP contribution in [0.1, 0.15) is 11.1 Å². The van der Waals surface area contributed by atoms with E-state index in [1.165, 1.54) is 12.1 Å². The lowest BCUT2D eigenvalue weighted by Gasteiger charge is -2.10. The zero-order valence-corrected chi connectivity index (χ0v) is 10.4. The summed E-state index contributed by atoms with van der Waals surface area (Å²) in [5.74, 6) is -0.456. The molecule has 1 heterocycles. The Hall–Kier alpha value is -1.45. The summed E-state index contributed by atoms with van der Waals surface area (Å²) < 4.78 is 13.2. The van der Waals surface area contributed by atoms with E-state index in [1.54, 1.807) is 18.5 Å². The van der Waals surface area contributed by atoms with Crippen LogP contribution in [-0.4, -0.2) is 16.2 Å². The summed E-state index contributed by atoms with van der Waals surface area (Å²) in [7, 11) is 0. The van der Waals surface area contributed by atoms with Gasteiger partial charge in [0, 0.05) is 18.8 Å². The molecule has 0 fully saturated rings. The SMILES string of the molecule is OC(Cc1cccnc1)Cc1ccc(Cl)c(F)c1. The second-order valence-corrected chi connectivity index (χ2v) is 4.58. The molecular weight excluding hydrogens is 253 g/mol. The van der Waals surface area contributed by atoms with Crippen molar-refractivity contribution in [1.82, 2.24) is 4.98 Å². The second-order valence-electron chi connectivity index (χ2n) is 4.17. The van der Waals surface area contributed by atoms with E-state index in [1.807, 2.05) is 12.1 Å². The molecule has 2 rings (SSSR count). The summed E-state index contributed by atoms with van der Waals surface area (Å²) in [5, 5.41) is 10.0. The monoisotopic (exact) mass is 265 g/mol. The lowest BCUT2D eigenvalue weighted by molar-refractivity contribution is 0.175. The van der Waals surface area contributed by atoms with Gasteiger partial charge in [0.15, 0.2) is 0 Å². The van der Waals surface area contributed by atoms with E-state index in [2.05, 4.69) is 4.98 Å². The van der Waals surface area contributed by atoms with Crippen LogP contribution in [0.5, 0.6) is 0 Å². The summed E-state index contributed by atoms with van der Waals surface area (Å²) in [6.45, 7) is 0. The highest BCUT2D eigenvalue weighted by molar-refractivity contribution is 6.30. The Bertz CT molecular complexity index is 518. The molecule has 0 saturated heterocycles. The summed E-state index contributed by atoms with van der Waals surface area (Å²) in [4.78, 5) is 3.98. The van der Waals surface area contributed by atoms with Crippen molar-refractivity contribution in [3.63, 3.8) is 0 Å². The number of aromatic nitrogens is 1. The van der Waals surface area contributed by atoms with Crippen molar-refractivity contribution in [2.75, 3.05) is 0 Å². The van der Waals surface area contributed by atoms with Crippen molar-refractivity contribution >= 4 is 11.6 Å². The van der Waals surface area contributed by atoms with E-state index in [9.17, 15) is 9.50 Å². The molecule has 0 aliphatic rings. The van der Waals surface area contributed by atoms with Gasteiger partial charge in [-0.25, -0.2) is 4.39 Å². The van der Waals surface area contributed by atoms with Gasteiger partial charge in [0.2, 0.25) is 0 Å². The number of halogens is 2. The van der Waals surface area contributed by atoms with Crippen LogP contribution in [0.3, 0.4) is 0 Å². The maximum absolute atomic E-state index is 13.2. The zero-order valence-electron chi connectivity index (χ0n) is 9.68. The van der Waals surface area contributed by atoms with Gasteiger partial charge in [0.05, 0.1) is 11.1 Å². The fourth-order valence-corrected chi connectivity index (χ4v) is 1.92.